The van der Waals surface area contributed by atoms with Gasteiger partial charge >= 0.3 is 5.97 Å². The lowest BCUT2D eigenvalue weighted by molar-refractivity contribution is -0.143. The molecule has 1 aromatic carbocycles. The van der Waals surface area contributed by atoms with Crippen LogP contribution in [0.2, 0.25) is 0 Å². The second-order valence-electron chi connectivity index (χ2n) is 8.49. The molecule has 0 fully saturated rings. The van der Waals surface area contributed by atoms with Gasteiger partial charge < -0.3 is 14.8 Å². The average molecular weight is 470 g/mol. The largest absolute Gasteiger partial charge is 0.466 e. The summed E-state index contributed by atoms with van der Waals surface area (Å²) in [7, 11) is 0. The SMILES string of the molecule is CCn1nc(CCCOC(=O)CCc2ccc(C(C)=O)cc2)c2c1C(=O)NCCCOCCC2. The maximum absolute atomic E-state index is 12.8. The number of carbonyl (C=O) groups is 3. The molecule has 0 bridgehead atoms. The van der Waals surface area contributed by atoms with E-state index in [2.05, 4.69) is 5.32 Å². The van der Waals surface area contributed by atoms with Crippen LogP contribution in [0.3, 0.4) is 0 Å². The number of benzene rings is 1. The summed E-state index contributed by atoms with van der Waals surface area (Å²) >= 11 is 0. The number of Topliss-reactive ketones (excluding diaryl/α,β-unsaturated/α-hetero) is 1. The molecule has 0 aliphatic carbocycles. The summed E-state index contributed by atoms with van der Waals surface area (Å²) in [6, 6.07) is 7.30. The first kappa shape index (κ1) is 25.6. The summed E-state index contributed by atoms with van der Waals surface area (Å²) in [6.45, 7) is 6.34. The van der Waals surface area contributed by atoms with Crippen LogP contribution in [0.1, 0.15) is 77.2 Å². The van der Waals surface area contributed by atoms with Crippen molar-refractivity contribution in [3.63, 3.8) is 0 Å². The highest BCUT2D eigenvalue weighted by atomic mass is 16.5. The molecule has 0 spiro atoms. The molecule has 1 aliphatic heterocycles. The van der Waals surface area contributed by atoms with Gasteiger partial charge in [-0.25, -0.2) is 0 Å². The molecule has 0 saturated carbocycles. The number of hydrogen-bond acceptors (Lipinski definition) is 6. The van der Waals surface area contributed by atoms with Gasteiger partial charge in [0.1, 0.15) is 5.69 Å². The zero-order chi connectivity index (χ0) is 24.3. The molecule has 1 N–H and O–H groups in total. The molecule has 8 nitrogen and oxygen atoms in total. The van der Waals surface area contributed by atoms with Crippen molar-refractivity contribution in [2.24, 2.45) is 0 Å². The fraction of sp³-hybridized carbons (Fsp3) is 0.538. The first-order valence-electron chi connectivity index (χ1n) is 12.2. The summed E-state index contributed by atoms with van der Waals surface area (Å²) in [5.74, 6) is -0.302. The maximum atomic E-state index is 12.8. The van der Waals surface area contributed by atoms with E-state index in [1.807, 2.05) is 19.1 Å². The van der Waals surface area contributed by atoms with E-state index in [-0.39, 0.29) is 17.7 Å². The fourth-order valence-electron chi connectivity index (χ4n) is 4.06. The quantitative estimate of drug-likeness (QED) is 0.344. The van der Waals surface area contributed by atoms with Gasteiger partial charge in [-0.2, -0.15) is 5.10 Å². The lowest BCUT2D eigenvalue weighted by atomic mass is 10.0. The molecular weight excluding hydrogens is 434 g/mol. The number of esters is 1. The van der Waals surface area contributed by atoms with Gasteiger partial charge in [0.05, 0.1) is 12.3 Å². The van der Waals surface area contributed by atoms with Crippen LogP contribution in [0.4, 0.5) is 0 Å². The third kappa shape index (κ3) is 7.25. The van der Waals surface area contributed by atoms with Crippen LogP contribution in [0.15, 0.2) is 24.3 Å². The summed E-state index contributed by atoms with van der Waals surface area (Å²) < 4.78 is 12.8. The summed E-state index contributed by atoms with van der Waals surface area (Å²) in [6.07, 6.45) is 4.52. The maximum Gasteiger partial charge on any atom is 0.306 e. The van der Waals surface area contributed by atoms with Crippen LogP contribution in [0.25, 0.3) is 0 Å². The Labute approximate surface area is 201 Å². The van der Waals surface area contributed by atoms with Crippen molar-refractivity contribution in [3.8, 4) is 0 Å². The van der Waals surface area contributed by atoms with Gasteiger partial charge in [0.2, 0.25) is 0 Å². The third-order valence-electron chi connectivity index (χ3n) is 5.91. The molecule has 2 heterocycles. The van der Waals surface area contributed by atoms with E-state index >= 15 is 0 Å². The van der Waals surface area contributed by atoms with Crippen molar-refractivity contribution in [2.45, 2.75) is 65.3 Å². The fourth-order valence-corrected chi connectivity index (χ4v) is 4.06. The topological polar surface area (TPSA) is 99.5 Å². The van der Waals surface area contributed by atoms with E-state index in [1.165, 1.54) is 6.92 Å². The summed E-state index contributed by atoms with van der Waals surface area (Å²) in [5.41, 5.74) is 4.18. The highest BCUT2D eigenvalue weighted by molar-refractivity contribution is 5.94. The van der Waals surface area contributed by atoms with Gasteiger partial charge in [-0.15, -0.1) is 0 Å². The second-order valence-corrected chi connectivity index (χ2v) is 8.49. The van der Waals surface area contributed by atoms with Crippen molar-refractivity contribution in [2.75, 3.05) is 26.4 Å². The van der Waals surface area contributed by atoms with Crippen molar-refractivity contribution < 1.29 is 23.9 Å². The standard InChI is InChI=1S/C26H35N3O5/c1-3-29-25-22(7-4-16-33-17-6-15-27-26(25)32)23(28-29)8-5-18-34-24(31)14-11-20-9-12-21(13-10-20)19(2)30/h9-10,12-13H,3-8,11,14-18H2,1-2H3,(H,27,32). The molecule has 34 heavy (non-hydrogen) atoms. The molecule has 2 aromatic rings. The molecule has 1 aliphatic rings. The number of aromatic nitrogens is 2. The van der Waals surface area contributed by atoms with Crippen molar-refractivity contribution >= 4 is 17.7 Å². The molecule has 184 valence electrons. The van der Waals surface area contributed by atoms with E-state index in [0.717, 1.165) is 36.1 Å². The van der Waals surface area contributed by atoms with Crippen LogP contribution in [0, 0.1) is 0 Å². The van der Waals surface area contributed by atoms with Crippen LogP contribution in [-0.4, -0.2) is 53.8 Å². The normalized spacial score (nSPS) is 14.6. The Morgan fingerprint density at radius 2 is 1.91 bits per heavy atom. The molecule has 0 unspecified atom stereocenters. The van der Waals surface area contributed by atoms with Gasteiger partial charge in [-0.1, -0.05) is 24.3 Å². The van der Waals surface area contributed by atoms with Crippen LogP contribution in [-0.2, 0) is 40.1 Å². The Kier molecular flexibility index (Phi) is 9.82. The number of nitrogens with zero attached hydrogens (tertiary/aromatic N) is 2. The minimum atomic E-state index is -0.245. The number of ether oxygens (including phenoxy) is 2. The molecule has 8 heteroatoms. The van der Waals surface area contributed by atoms with E-state index in [4.69, 9.17) is 14.6 Å². The number of amides is 1. The molecule has 3 rings (SSSR count). The van der Waals surface area contributed by atoms with Gasteiger partial charge in [0.15, 0.2) is 5.78 Å². The van der Waals surface area contributed by atoms with E-state index in [0.29, 0.717) is 69.9 Å². The number of nitrogens with one attached hydrogen (secondary N) is 1. The predicted molar refractivity (Wildman–Crippen MR) is 128 cm³/mol. The lowest BCUT2D eigenvalue weighted by Gasteiger charge is -2.08. The van der Waals surface area contributed by atoms with Gasteiger partial charge in [-0.05, 0) is 57.9 Å². The Morgan fingerprint density at radius 3 is 2.65 bits per heavy atom. The number of fused-ring (bicyclic) bond motifs is 1. The number of aryl methyl sites for hydroxylation is 3. The molecule has 1 amide bonds. The second kappa shape index (κ2) is 13.0. The average Bonchev–Trinajstić information content (AvgIpc) is 3.17. The predicted octanol–water partition coefficient (Wildman–Crippen LogP) is 3.30. The van der Waals surface area contributed by atoms with Crippen molar-refractivity contribution in [1.82, 2.24) is 15.1 Å². The number of rotatable bonds is 9. The highest BCUT2D eigenvalue weighted by Crippen LogP contribution is 2.20. The van der Waals surface area contributed by atoms with E-state index in [1.54, 1.807) is 16.8 Å². The number of ketones is 1. The molecule has 0 atom stereocenters. The van der Waals surface area contributed by atoms with Gasteiger partial charge in [0.25, 0.3) is 5.91 Å². The minimum absolute atomic E-state index is 0.0256. The highest BCUT2D eigenvalue weighted by Gasteiger charge is 2.22. The third-order valence-corrected chi connectivity index (χ3v) is 5.91. The number of carbonyl (C=O) groups excluding carboxylic acids is 3. The Hall–Kier alpha value is -3.00. The summed E-state index contributed by atoms with van der Waals surface area (Å²) in [5, 5.41) is 7.67. The van der Waals surface area contributed by atoms with E-state index in [9.17, 15) is 14.4 Å². The Balaban J connectivity index is 1.51. The molecular formula is C26H35N3O5. The first-order valence-corrected chi connectivity index (χ1v) is 12.2. The van der Waals surface area contributed by atoms with Gasteiger partial charge in [-0.3, -0.25) is 19.1 Å². The smallest absolute Gasteiger partial charge is 0.306 e. The van der Waals surface area contributed by atoms with E-state index < -0.39 is 0 Å². The summed E-state index contributed by atoms with van der Waals surface area (Å²) in [4.78, 5) is 36.3. The number of hydrogen-bond donors (Lipinski definition) is 1. The zero-order valence-electron chi connectivity index (χ0n) is 20.2. The van der Waals surface area contributed by atoms with Gasteiger partial charge in [0, 0.05) is 43.9 Å². The van der Waals surface area contributed by atoms with Crippen LogP contribution < -0.4 is 5.32 Å². The lowest BCUT2D eigenvalue weighted by Crippen LogP contribution is -2.28. The molecule has 0 radical (unpaired) electrons. The van der Waals surface area contributed by atoms with Crippen LogP contribution >= 0.6 is 0 Å². The first-order chi connectivity index (χ1) is 16.5. The van der Waals surface area contributed by atoms with Crippen molar-refractivity contribution in [1.29, 1.82) is 0 Å². The minimum Gasteiger partial charge on any atom is -0.466 e. The molecule has 0 saturated heterocycles. The monoisotopic (exact) mass is 469 g/mol. The molecule has 1 aromatic heterocycles. The zero-order valence-corrected chi connectivity index (χ0v) is 20.2. The van der Waals surface area contributed by atoms with Crippen molar-refractivity contribution in [3.05, 3.63) is 52.3 Å². The Bertz CT molecular complexity index is 981. The van der Waals surface area contributed by atoms with Crippen LogP contribution in [0.5, 0.6) is 0 Å². The Morgan fingerprint density at radius 1 is 1.15 bits per heavy atom.